The molecule has 68 valence electrons. The predicted octanol–water partition coefficient (Wildman–Crippen LogP) is 0.307. The number of carboxylic acid groups (broad SMARTS) is 1. The molecular formula is C5H9N3O4. The van der Waals surface area contributed by atoms with Crippen LogP contribution in [0.25, 0.3) is 0 Å². The quantitative estimate of drug-likeness (QED) is 0.365. The smallest absolute Gasteiger partial charge is 0.328 e. The van der Waals surface area contributed by atoms with Crippen LogP contribution in [0.5, 0.6) is 0 Å². The van der Waals surface area contributed by atoms with E-state index in [9.17, 15) is 4.79 Å². The summed E-state index contributed by atoms with van der Waals surface area (Å²) in [5.41, 5.74) is 0. The molecular weight excluding hydrogens is 166 g/mol. The van der Waals surface area contributed by atoms with Crippen LogP contribution in [0.15, 0.2) is 10.5 Å². The largest absolute Gasteiger partial charge is 0.480 e. The van der Waals surface area contributed by atoms with Crippen LogP contribution in [-0.4, -0.2) is 33.9 Å². The average Bonchev–Trinajstić information content (AvgIpc) is 2.48. The van der Waals surface area contributed by atoms with Crippen LogP contribution in [0.2, 0.25) is 0 Å². The number of aliphatic carboxylic acids is 1. The molecule has 7 heteroatoms. The highest BCUT2D eigenvalue weighted by Crippen LogP contribution is 2.17. The number of carbonyl (C=O) groups is 1. The summed E-state index contributed by atoms with van der Waals surface area (Å²) in [4.78, 5) is 13.9. The third-order valence-electron chi connectivity index (χ3n) is 1.70. The van der Waals surface area contributed by atoms with Gasteiger partial charge in [0, 0.05) is 6.54 Å². The van der Waals surface area contributed by atoms with Gasteiger partial charge >= 0.3 is 5.97 Å². The lowest BCUT2D eigenvalue weighted by atomic mass is 10.2. The van der Waals surface area contributed by atoms with E-state index in [4.69, 9.17) is 10.4 Å². The fourth-order valence-electron chi connectivity index (χ4n) is 1.17. The number of rotatable bonds is 3. The van der Waals surface area contributed by atoms with E-state index in [1.54, 1.807) is 0 Å². The van der Waals surface area contributed by atoms with Gasteiger partial charge in [-0.05, 0) is 18.1 Å². The Morgan fingerprint density at radius 3 is 3.00 bits per heavy atom. The molecule has 1 unspecified atom stereocenters. The lowest BCUT2D eigenvalue weighted by Crippen LogP contribution is -2.31. The Bertz CT molecular complexity index is 195. The van der Waals surface area contributed by atoms with Crippen LogP contribution in [0.1, 0.15) is 12.8 Å². The second-order valence-electron chi connectivity index (χ2n) is 2.41. The van der Waals surface area contributed by atoms with Crippen molar-refractivity contribution in [3.05, 3.63) is 0 Å². The van der Waals surface area contributed by atoms with Crippen LogP contribution in [0.4, 0.5) is 0 Å². The molecule has 0 amide bonds. The molecule has 0 saturated carbocycles. The van der Waals surface area contributed by atoms with E-state index in [0.717, 1.165) is 6.42 Å². The number of nitrogens with zero attached hydrogens (tertiary/aromatic N) is 3. The summed E-state index contributed by atoms with van der Waals surface area (Å²) in [6.45, 7) is 0.518. The fraction of sp³-hybridized carbons (Fsp3) is 0.800. The van der Waals surface area contributed by atoms with Crippen molar-refractivity contribution in [2.45, 2.75) is 18.9 Å². The summed E-state index contributed by atoms with van der Waals surface area (Å²) in [6, 6.07) is -0.649. The minimum atomic E-state index is -0.940. The van der Waals surface area contributed by atoms with Crippen LogP contribution in [0, 0.1) is 0 Å². The van der Waals surface area contributed by atoms with Gasteiger partial charge in [-0.25, -0.2) is 9.78 Å². The normalized spacial score (nSPS) is 23.4. The first-order chi connectivity index (χ1) is 5.75. The Balaban J connectivity index is 2.52. The lowest BCUT2D eigenvalue weighted by molar-refractivity contribution is -0.255. The third-order valence-corrected chi connectivity index (χ3v) is 1.70. The van der Waals surface area contributed by atoms with E-state index in [2.05, 4.69) is 15.5 Å². The zero-order valence-electron chi connectivity index (χ0n) is 6.25. The standard InChI is InChI=1S/C5H9N3O4/c9-5(10)4-2-1-3-8(4)6-7-12-11/h4,11H,1-3H2,(H,9,10)/b7-6+. The van der Waals surface area contributed by atoms with Crippen molar-refractivity contribution >= 4 is 5.97 Å². The summed E-state index contributed by atoms with van der Waals surface area (Å²) in [7, 11) is 0. The summed E-state index contributed by atoms with van der Waals surface area (Å²) in [6.07, 6.45) is 1.29. The Kier molecular flexibility index (Phi) is 2.81. The molecule has 1 rings (SSSR count). The molecule has 7 nitrogen and oxygen atoms in total. The van der Waals surface area contributed by atoms with Gasteiger partial charge in [0.25, 0.3) is 0 Å². The maximum absolute atomic E-state index is 10.5. The second-order valence-corrected chi connectivity index (χ2v) is 2.41. The van der Waals surface area contributed by atoms with Crippen molar-refractivity contribution in [3.63, 3.8) is 0 Å². The third kappa shape index (κ3) is 1.82. The van der Waals surface area contributed by atoms with Crippen molar-refractivity contribution in [1.29, 1.82) is 0 Å². The number of hydrogen-bond donors (Lipinski definition) is 2. The predicted molar refractivity (Wildman–Crippen MR) is 35.9 cm³/mol. The monoisotopic (exact) mass is 175 g/mol. The van der Waals surface area contributed by atoms with Crippen LogP contribution >= 0.6 is 0 Å². The lowest BCUT2D eigenvalue weighted by Gasteiger charge is -2.13. The molecule has 0 aromatic carbocycles. The summed E-state index contributed by atoms with van der Waals surface area (Å²) in [5.74, 6) is -0.940. The van der Waals surface area contributed by atoms with Gasteiger partial charge in [0.15, 0.2) is 0 Å². The highest BCUT2D eigenvalue weighted by molar-refractivity contribution is 5.73. The maximum Gasteiger partial charge on any atom is 0.328 e. The van der Waals surface area contributed by atoms with E-state index < -0.39 is 12.0 Å². The van der Waals surface area contributed by atoms with Crippen molar-refractivity contribution < 1.29 is 20.1 Å². The van der Waals surface area contributed by atoms with Gasteiger partial charge in [-0.15, -0.1) is 0 Å². The highest BCUT2D eigenvalue weighted by Gasteiger charge is 2.29. The molecule has 1 aliphatic heterocycles. The van der Waals surface area contributed by atoms with Crippen LogP contribution in [0.3, 0.4) is 0 Å². The fourth-order valence-corrected chi connectivity index (χ4v) is 1.17. The summed E-state index contributed by atoms with van der Waals surface area (Å²) in [5, 5.41) is 23.9. The molecule has 1 aliphatic rings. The van der Waals surface area contributed by atoms with E-state index in [1.807, 2.05) is 0 Å². The first-order valence-electron chi connectivity index (χ1n) is 3.46. The van der Waals surface area contributed by atoms with Gasteiger partial charge in [0.2, 0.25) is 0 Å². The Morgan fingerprint density at radius 1 is 1.67 bits per heavy atom. The average molecular weight is 175 g/mol. The summed E-state index contributed by atoms with van der Waals surface area (Å²) >= 11 is 0. The molecule has 12 heavy (non-hydrogen) atoms. The minimum Gasteiger partial charge on any atom is -0.480 e. The Labute approximate surface area is 68.1 Å². The van der Waals surface area contributed by atoms with Crippen molar-refractivity contribution in [2.24, 2.45) is 10.5 Å². The van der Waals surface area contributed by atoms with Gasteiger partial charge in [-0.3, -0.25) is 5.01 Å². The zero-order chi connectivity index (χ0) is 8.97. The van der Waals surface area contributed by atoms with Crippen LogP contribution < -0.4 is 0 Å². The molecule has 0 aliphatic carbocycles. The van der Waals surface area contributed by atoms with E-state index >= 15 is 0 Å². The molecule has 0 aromatic heterocycles. The van der Waals surface area contributed by atoms with Crippen LogP contribution in [-0.2, 0) is 9.78 Å². The topological polar surface area (TPSA) is 94.7 Å². The van der Waals surface area contributed by atoms with Gasteiger partial charge in [0.1, 0.15) is 6.04 Å². The molecule has 1 atom stereocenters. The van der Waals surface area contributed by atoms with Gasteiger partial charge in [-0.1, -0.05) is 0 Å². The molecule has 1 fully saturated rings. The van der Waals surface area contributed by atoms with E-state index in [1.165, 1.54) is 5.01 Å². The first-order valence-corrected chi connectivity index (χ1v) is 3.46. The van der Waals surface area contributed by atoms with Crippen molar-refractivity contribution in [1.82, 2.24) is 5.01 Å². The number of hydrogen-bond acceptors (Lipinski definition) is 5. The molecule has 1 heterocycles. The molecule has 0 bridgehead atoms. The van der Waals surface area contributed by atoms with Gasteiger partial charge in [0.05, 0.1) is 5.28 Å². The Morgan fingerprint density at radius 2 is 2.42 bits per heavy atom. The molecule has 0 spiro atoms. The Hall–Kier alpha value is -1.37. The minimum absolute atomic E-state index is 0.518. The van der Waals surface area contributed by atoms with Crippen molar-refractivity contribution in [3.8, 4) is 0 Å². The van der Waals surface area contributed by atoms with Crippen molar-refractivity contribution in [2.75, 3.05) is 6.54 Å². The zero-order valence-corrected chi connectivity index (χ0v) is 6.25. The molecule has 1 saturated heterocycles. The van der Waals surface area contributed by atoms with E-state index in [-0.39, 0.29) is 0 Å². The van der Waals surface area contributed by atoms with Gasteiger partial charge < -0.3 is 5.11 Å². The first kappa shape index (κ1) is 8.72. The maximum atomic E-state index is 10.5. The number of carboxylic acids is 1. The molecule has 0 radical (unpaired) electrons. The second kappa shape index (κ2) is 3.86. The van der Waals surface area contributed by atoms with E-state index in [0.29, 0.717) is 13.0 Å². The van der Waals surface area contributed by atoms with Gasteiger partial charge in [-0.2, -0.15) is 5.26 Å². The summed E-state index contributed by atoms with van der Waals surface area (Å²) < 4.78 is 0. The molecule has 0 aromatic rings. The SMILES string of the molecule is O=C(O)C1CCCN1/N=N/OO. The molecule has 2 N–H and O–H groups in total. The highest BCUT2D eigenvalue weighted by atomic mass is 17.2.